The predicted molar refractivity (Wildman–Crippen MR) is 94.0 cm³/mol. The Morgan fingerprint density at radius 3 is 2.50 bits per heavy atom. The topological polar surface area (TPSA) is 69.1 Å². The van der Waals surface area contributed by atoms with E-state index < -0.39 is 0 Å². The van der Waals surface area contributed by atoms with E-state index >= 15 is 0 Å². The highest BCUT2D eigenvalue weighted by Gasteiger charge is 2.28. The summed E-state index contributed by atoms with van der Waals surface area (Å²) in [4.78, 5) is 26.8. The lowest BCUT2D eigenvalue weighted by Crippen LogP contribution is -3.16. The van der Waals surface area contributed by atoms with Crippen LogP contribution in [0.5, 0.6) is 0 Å². The number of hydrogen-bond donors (Lipinski definition) is 2. The second kappa shape index (κ2) is 8.09. The molecule has 0 bridgehead atoms. The lowest BCUT2D eigenvalue weighted by atomic mass is 10.1. The highest BCUT2D eigenvalue weighted by atomic mass is 32.1. The Labute approximate surface area is 147 Å². The molecular weight excluding hydrogens is 328 g/mol. The van der Waals surface area contributed by atoms with Gasteiger partial charge in [0.25, 0.3) is 5.91 Å². The molecule has 2 N–H and O–H groups in total. The molecule has 2 rings (SSSR count). The number of amides is 1. The Balaban J connectivity index is 2.06. The van der Waals surface area contributed by atoms with Crippen LogP contribution in [0.4, 0.5) is 5.00 Å². The van der Waals surface area contributed by atoms with Crippen LogP contribution in [0, 0.1) is 13.8 Å². The summed E-state index contributed by atoms with van der Waals surface area (Å²) in [6.07, 6.45) is 0.302. The summed E-state index contributed by atoms with van der Waals surface area (Å²) >= 11 is 1.42. The summed E-state index contributed by atoms with van der Waals surface area (Å²) in [7, 11) is 0. The second-order valence-electron chi connectivity index (χ2n) is 6.35. The number of ether oxygens (including phenoxy) is 2. The fourth-order valence-electron chi connectivity index (χ4n) is 3.10. The number of carbonyl (C=O) groups excluding carboxylic acids is 2. The largest absolute Gasteiger partial charge is 0.462 e. The lowest BCUT2D eigenvalue weighted by molar-refractivity contribution is -0.907. The van der Waals surface area contributed by atoms with Crippen molar-refractivity contribution in [3.8, 4) is 0 Å². The van der Waals surface area contributed by atoms with Crippen molar-refractivity contribution in [3.63, 3.8) is 0 Å². The van der Waals surface area contributed by atoms with Gasteiger partial charge in [-0.2, -0.15) is 0 Å². The molecule has 2 atom stereocenters. The number of nitrogens with one attached hydrogen (secondary N) is 2. The van der Waals surface area contributed by atoms with Gasteiger partial charge in [-0.25, -0.2) is 4.79 Å². The van der Waals surface area contributed by atoms with Crippen LogP contribution in [0.25, 0.3) is 0 Å². The van der Waals surface area contributed by atoms with Crippen LogP contribution in [0.15, 0.2) is 0 Å². The Bertz CT molecular complexity index is 604. The molecule has 0 saturated carbocycles. The van der Waals surface area contributed by atoms with Crippen molar-refractivity contribution >= 4 is 28.2 Å². The molecule has 1 aromatic heterocycles. The zero-order valence-electron chi connectivity index (χ0n) is 15.0. The maximum Gasteiger partial charge on any atom is 0.341 e. The van der Waals surface area contributed by atoms with Crippen LogP contribution in [-0.2, 0) is 14.3 Å². The van der Waals surface area contributed by atoms with Gasteiger partial charge in [0.1, 0.15) is 30.3 Å². The van der Waals surface area contributed by atoms with E-state index in [0.29, 0.717) is 23.7 Å². The van der Waals surface area contributed by atoms with E-state index in [4.69, 9.17) is 9.47 Å². The number of carbonyl (C=O) groups is 2. The molecule has 24 heavy (non-hydrogen) atoms. The first-order valence-electron chi connectivity index (χ1n) is 8.37. The van der Waals surface area contributed by atoms with E-state index in [1.54, 1.807) is 6.92 Å². The van der Waals surface area contributed by atoms with Gasteiger partial charge >= 0.3 is 5.97 Å². The second-order valence-corrected chi connectivity index (χ2v) is 7.57. The summed E-state index contributed by atoms with van der Waals surface area (Å²) in [5.41, 5.74) is 1.35. The van der Waals surface area contributed by atoms with Gasteiger partial charge in [-0.3, -0.25) is 4.79 Å². The Kier molecular flexibility index (Phi) is 6.37. The molecule has 1 saturated heterocycles. The van der Waals surface area contributed by atoms with Gasteiger partial charge in [-0.15, -0.1) is 11.3 Å². The predicted octanol–water partition coefficient (Wildman–Crippen LogP) is 1.17. The molecule has 134 valence electrons. The minimum absolute atomic E-state index is 0.0851. The first kappa shape index (κ1) is 18.9. The van der Waals surface area contributed by atoms with E-state index in [1.165, 1.54) is 16.2 Å². The fraction of sp³-hybridized carbons (Fsp3) is 0.647. The minimum Gasteiger partial charge on any atom is -0.462 e. The maximum absolute atomic E-state index is 12.4. The first-order chi connectivity index (χ1) is 11.3. The summed E-state index contributed by atoms with van der Waals surface area (Å²) in [6, 6.07) is 0. The van der Waals surface area contributed by atoms with Crippen LogP contribution >= 0.6 is 11.3 Å². The van der Waals surface area contributed by atoms with Crippen LogP contribution in [0.3, 0.4) is 0 Å². The first-order valence-corrected chi connectivity index (χ1v) is 9.19. The third kappa shape index (κ3) is 4.55. The van der Waals surface area contributed by atoms with Crippen molar-refractivity contribution in [2.75, 3.05) is 31.6 Å². The third-order valence-corrected chi connectivity index (χ3v) is 5.27. The average Bonchev–Trinajstić information content (AvgIpc) is 2.72. The number of thiophene rings is 1. The average molecular weight is 355 g/mol. The molecule has 0 aliphatic carbocycles. The van der Waals surface area contributed by atoms with E-state index in [9.17, 15) is 9.59 Å². The zero-order valence-corrected chi connectivity index (χ0v) is 15.8. The molecule has 1 aromatic rings. The Hall–Kier alpha value is -1.44. The smallest absolute Gasteiger partial charge is 0.341 e. The minimum atomic E-state index is -0.379. The van der Waals surface area contributed by atoms with Crippen molar-refractivity contribution in [1.82, 2.24) is 0 Å². The summed E-state index contributed by atoms with van der Waals surface area (Å²) < 4.78 is 10.8. The zero-order chi connectivity index (χ0) is 17.9. The molecule has 0 radical (unpaired) electrons. The standard InChI is InChI=1S/C17H26N2O4S/c1-6-22-17(21)15-12(4)13(5)24-16(15)18-14(20)9-19-7-10(2)23-11(3)8-19/h10-11H,6-9H2,1-5H3,(H,18,20)/p+1/t10-,11-/m0/s1. The number of morpholine rings is 1. The molecular formula is C17H27N2O4S+. The molecule has 7 heteroatoms. The molecule has 2 heterocycles. The molecule has 1 aliphatic heterocycles. The molecule has 1 amide bonds. The monoisotopic (exact) mass is 355 g/mol. The molecule has 1 fully saturated rings. The van der Waals surface area contributed by atoms with Gasteiger partial charge in [-0.1, -0.05) is 0 Å². The highest BCUT2D eigenvalue weighted by Crippen LogP contribution is 2.32. The van der Waals surface area contributed by atoms with Crippen LogP contribution in [0.1, 0.15) is 41.6 Å². The van der Waals surface area contributed by atoms with E-state index in [0.717, 1.165) is 23.5 Å². The summed E-state index contributed by atoms with van der Waals surface area (Å²) in [5.74, 6) is -0.464. The van der Waals surface area contributed by atoms with Crippen molar-refractivity contribution in [1.29, 1.82) is 0 Å². The Morgan fingerprint density at radius 2 is 1.92 bits per heavy atom. The SMILES string of the molecule is CCOC(=O)c1c(NC(=O)C[NH+]2C[C@H](C)O[C@@H](C)C2)sc(C)c1C. The molecule has 0 spiro atoms. The van der Waals surface area contributed by atoms with Crippen LogP contribution in [-0.4, -0.2) is 50.3 Å². The summed E-state index contributed by atoms with van der Waals surface area (Å²) in [5, 5.41) is 3.49. The van der Waals surface area contributed by atoms with Gasteiger partial charge in [-0.05, 0) is 40.2 Å². The van der Waals surface area contributed by atoms with Crippen LogP contribution < -0.4 is 10.2 Å². The van der Waals surface area contributed by atoms with Crippen LogP contribution in [0.2, 0.25) is 0 Å². The fourth-order valence-corrected chi connectivity index (χ4v) is 4.16. The highest BCUT2D eigenvalue weighted by molar-refractivity contribution is 7.16. The van der Waals surface area contributed by atoms with Crippen molar-refractivity contribution in [2.45, 2.75) is 46.8 Å². The van der Waals surface area contributed by atoms with Gasteiger partial charge < -0.3 is 19.7 Å². The lowest BCUT2D eigenvalue weighted by Gasteiger charge is -2.31. The van der Waals surface area contributed by atoms with Crippen molar-refractivity contribution in [2.24, 2.45) is 0 Å². The number of aryl methyl sites for hydroxylation is 1. The van der Waals surface area contributed by atoms with Gasteiger partial charge in [0, 0.05) is 4.88 Å². The van der Waals surface area contributed by atoms with Crippen molar-refractivity contribution < 1.29 is 24.0 Å². The molecule has 6 nitrogen and oxygen atoms in total. The van der Waals surface area contributed by atoms with Gasteiger partial charge in [0.05, 0.1) is 12.2 Å². The normalized spacial score (nSPS) is 23.8. The molecule has 0 aromatic carbocycles. The van der Waals surface area contributed by atoms with E-state index in [2.05, 4.69) is 5.32 Å². The maximum atomic E-state index is 12.4. The number of rotatable bonds is 5. The number of anilines is 1. The van der Waals surface area contributed by atoms with Gasteiger partial charge in [0.2, 0.25) is 0 Å². The number of hydrogen-bond acceptors (Lipinski definition) is 5. The van der Waals surface area contributed by atoms with Crippen molar-refractivity contribution in [3.05, 3.63) is 16.0 Å². The van der Waals surface area contributed by atoms with E-state index in [-0.39, 0.29) is 24.1 Å². The number of quaternary nitrogens is 1. The summed E-state index contributed by atoms with van der Waals surface area (Å²) in [6.45, 7) is 11.9. The van der Waals surface area contributed by atoms with E-state index in [1.807, 2.05) is 27.7 Å². The quantitative estimate of drug-likeness (QED) is 0.778. The third-order valence-electron chi connectivity index (χ3n) is 4.15. The number of esters is 1. The molecule has 0 unspecified atom stereocenters. The molecule has 1 aliphatic rings. The Morgan fingerprint density at radius 1 is 1.29 bits per heavy atom. The van der Waals surface area contributed by atoms with Gasteiger partial charge in [0.15, 0.2) is 6.54 Å².